The molecule has 1 saturated heterocycles. The molecule has 0 N–H and O–H groups in total. The third kappa shape index (κ3) is 4.01. The summed E-state index contributed by atoms with van der Waals surface area (Å²) in [5, 5.41) is 0. The molecule has 24 heavy (non-hydrogen) atoms. The van der Waals surface area contributed by atoms with Gasteiger partial charge in [0.2, 0.25) is 10.0 Å². The van der Waals surface area contributed by atoms with Crippen molar-refractivity contribution in [2.75, 3.05) is 32.7 Å². The second-order valence-corrected chi connectivity index (χ2v) is 9.03. The van der Waals surface area contributed by atoms with Crippen LogP contribution in [0.1, 0.15) is 56.9 Å². The lowest BCUT2D eigenvalue weighted by Gasteiger charge is -2.23. The summed E-state index contributed by atoms with van der Waals surface area (Å²) < 4.78 is 27.5. The van der Waals surface area contributed by atoms with Crippen LogP contribution in [0.5, 0.6) is 0 Å². The van der Waals surface area contributed by atoms with Crippen molar-refractivity contribution in [1.29, 1.82) is 0 Å². The molecule has 0 radical (unpaired) electrons. The highest BCUT2D eigenvalue weighted by Crippen LogP contribution is 2.33. The van der Waals surface area contributed by atoms with Crippen LogP contribution < -0.4 is 0 Å². The highest BCUT2D eigenvalue weighted by Gasteiger charge is 2.27. The Morgan fingerprint density at radius 2 is 1.62 bits per heavy atom. The summed E-state index contributed by atoms with van der Waals surface area (Å²) in [5.41, 5.74) is 1.31. The molecule has 5 heteroatoms. The summed E-state index contributed by atoms with van der Waals surface area (Å²) in [6.07, 6.45) is 7.33. The van der Waals surface area contributed by atoms with Crippen molar-refractivity contribution in [3.05, 3.63) is 29.8 Å². The molecule has 0 aromatic heterocycles. The van der Waals surface area contributed by atoms with Gasteiger partial charge in [-0.2, -0.15) is 4.31 Å². The molecule has 1 heterocycles. The molecule has 2 fully saturated rings. The minimum absolute atomic E-state index is 0.451. The highest BCUT2D eigenvalue weighted by molar-refractivity contribution is 7.89. The van der Waals surface area contributed by atoms with E-state index in [-0.39, 0.29) is 0 Å². The third-order valence-corrected chi connectivity index (χ3v) is 7.50. The average Bonchev–Trinajstić information content (AvgIpc) is 2.89. The van der Waals surface area contributed by atoms with Gasteiger partial charge >= 0.3 is 0 Å². The van der Waals surface area contributed by atoms with Gasteiger partial charge in [0.25, 0.3) is 0 Å². The Morgan fingerprint density at radius 1 is 0.917 bits per heavy atom. The lowest BCUT2D eigenvalue weighted by molar-refractivity contribution is 0.302. The van der Waals surface area contributed by atoms with E-state index in [1.54, 1.807) is 4.31 Å². The number of nitrogens with zero attached hydrogens (tertiary/aromatic N) is 2. The fraction of sp³-hybridized carbons (Fsp3) is 0.684. The van der Waals surface area contributed by atoms with E-state index in [0.29, 0.717) is 23.9 Å². The number of benzene rings is 1. The molecule has 0 spiro atoms. The van der Waals surface area contributed by atoms with Gasteiger partial charge in [-0.05, 0) is 56.0 Å². The van der Waals surface area contributed by atoms with Gasteiger partial charge in [-0.15, -0.1) is 0 Å². The highest BCUT2D eigenvalue weighted by atomic mass is 32.2. The Labute approximate surface area is 146 Å². The monoisotopic (exact) mass is 350 g/mol. The first-order chi connectivity index (χ1) is 11.6. The van der Waals surface area contributed by atoms with E-state index in [4.69, 9.17) is 0 Å². The number of likely N-dealkylation sites (N-methyl/N-ethyl adjacent to an activating group) is 1. The van der Waals surface area contributed by atoms with Crippen molar-refractivity contribution >= 4 is 10.0 Å². The predicted molar refractivity (Wildman–Crippen MR) is 97.8 cm³/mol. The lowest BCUT2D eigenvalue weighted by Crippen LogP contribution is -2.35. The summed E-state index contributed by atoms with van der Waals surface area (Å²) >= 11 is 0. The van der Waals surface area contributed by atoms with Gasteiger partial charge in [0.1, 0.15) is 0 Å². The molecule has 1 aliphatic heterocycles. The molecule has 1 aromatic rings. The molecule has 1 saturated carbocycles. The molecule has 0 unspecified atom stereocenters. The van der Waals surface area contributed by atoms with Crippen LogP contribution in [0, 0.1) is 0 Å². The van der Waals surface area contributed by atoms with E-state index in [9.17, 15) is 8.42 Å². The van der Waals surface area contributed by atoms with Gasteiger partial charge < -0.3 is 4.90 Å². The van der Waals surface area contributed by atoms with E-state index in [1.165, 1.54) is 37.7 Å². The summed E-state index contributed by atoms with van der Waals surface area (Å²) in [6, 6.07) is 7.72. The maximum Gasteiger partial charge on any atom is 0.243 e. The minimum atomic E-state index is -3.36. The van der Waals surface area contributed by atoms with Gasteiger partial charge in [-0.1, -0.05) is 38.3 Å². The fourth-order valence-corrected chi connectivity index (χ4v) is 5.47. The fourth-order valence-electron chi connectivity index (χ4n) is 4.00. The first kappa shape index (κ1) is 17.9. The summed E-state index contributed by atoms with van der Waals surface area (Å²) in [4.78, 5) is 2.77. The van der Waals surface area contributed by atoms with E-state index in [2.05, 4.69) is 11.8 Å². The SMILES string of the molecule is CCN1CCCN(S(=O)(=O)c2ccc(C3CCCCC3)cc2)CC1. The Hall–Kier alpha value is -0.910. The molecule has 4 nitrogen and oxygen atoms in total. The quantitative estimate of drug-likeness (QED) is 0.835. The number of hydrogen-bond donors (Lipinski definition) is 0. The summed E-state index contributed by atoms with van der Waals surface area (Å²) in [7, 11) is -3.36. The predicted octanol–water partition coefficient (Wildman–Crippen LogP) is 3.45. The minimum Gasteiger partial charge on any atom is -0.302 e. The van der Waals surface area contributed by atoms with Crippen molar-refractivity contribution in [1.82, 2.24) is 9.21 Å². The smallest absolute Gasteiger partial charge is 0.243 e. The molecule has 0 bridgehead atoms. The van der Waals surface area contributed by atoms with Crippen LogP contribution in [0.3, 0.4) is 0 Å². The van der Waals surface area contributed by atoms with Crippen LogP contribution in [0.25, 0.3) is 0 Å². The van der Waals surface area contributed by atoms with E-state index >= 15 is 0 Å². The second-order valence-electron chi connectivity index (χ2n) is 7.10. The molecule has 0 atom stereocenters. The Morgan fingerprint density at radius 3 is 2.29 bits per heavy atom. The zero-order valence-corrected chi connectivity index (χ0v) is 15.6. The second kappa shape index (κ2) is 7.98. The average molecular weight is 351 g/mol. The standard InChI is InChI=1S/C19H30N2O2S/c1-2-20-13-6-14-21(16-15-20)24(22,23)19-11-9-18(10-12-19)17-7-4-3-5-8-17/h9-12,17H,2-8,13-16H2,1H3. The first-order valence-corrected chi connectivity index (χ1v) is 10.9. The zero-order valence-electron chi connectivity index (χ0n) is 14.8. The molecule has 1 aromatic carbocycles. The van der Waals surface area contributed by atoms with Crippen molar-refractivity contribution in [3.63, 3.8) is 0 Å². The van der Waals surface area contributed by atoms with Crippen LogP contribution >= 0.6 is 0 Å². The van der Waals surface area contributed by atoms with Crippen LogP contribution in [0.4, 0.5) is 0 Å². The molecular formula is C19H30N2O2S. The number of hydrogen-bond acceptors (Lipinski definition) is 3. The van der Waals surface area contributed by atoms with E-state index in [0.717, 1.165) is 26.1 Å². The van der Waals surface area contributed by atoms with Crippen molar-refractivity contribution in [2.24, 2.45) is 0 Å². The van der Waals surface area contributed by atoms with Crippen LogP contribution in [0.15, 0.2) is 29.2 Å². The van der Waals surface area contributed by atoms with E-state index in [1.807, 2.05) is 24.3 Å². The molecular weight excluding hydrogens is 320 g/mol. The van der Waals surface area contributed by atoms with Gasteiger partial charge in [0.15, 0.2) is 0 Å². The van der Waals surface area contributed by atoms with Crippen LogP contribution in [-0.2, 0) is 10.0 Å². The van der Waals surface area contributed by atoms with Crippen LogP contribution in [-0.4, -0.2) is 50.3 Å². The normalized spacial score (nSPS) is 22.4. The Bertz CT molecular complexity index is 621. The summed E-state index contributed by atoms with van der Waals surface area (Å²) in [5.74, 6) is 0.617. The zero-order chi connectivity index (χ0) is 17.0. The molecule has 2 aliphatic rings. The van der Waals surface area contributed by atoms with Crippen LogP contribution in [0.2, 0.25) is 0 Å². The topological polar surface area (TPSA) is 40.6 Å². The van der Waals surface area contributed by atoms with Gasteiger partial charge in [-0.25, -0.2) is 8.42 Å². The lowest BCUT2D eigenvalue weighted by atomic mass is 9.84. The van der Waals surface area contributed by atoms with Gasteiger partial charge in [0.05, 0.1) is 4.90 Å². The first-order valence-electron chi connectivity index (χ1n) is 9.43. The molecule has 134 valence electrons. The van der Waals surface area contributed by atoms with Crippen molar-refractivity contribution < 1.29 is 8.42 Å². The van der Waals surface area contributed by atoms with Gasteiger partial charge in [0, 0.05) is 19.6 Å². The molecule has 3 rings (SSSR count). The molecule has 1 aliphatic carbocycles. The third-order valence-electron chi connectivity index (χ3n) is 5.59. The van der Waals surface area contributed by atoms with Crippen molar-refractivity contribution in [3.8, 4) is 0 Å². The maximum atomic E-state index is 12.9. The van der Waals surface area contributed by atoms with E-state index < -0.39 is 10.0 Å². The Kier molecular flexibility index (Phi) is 5.95. The van der Waals surface area contributed by atoms with Gasteiger partial charge in [-0.3, -0.25) is 0 Å². The number of sulfonamides is 1. The molecule has 0 amide bonds. The van der Waals surface area contributed by atoms with Crippen molar-refractivity contribution in [2.45, 2.75) is 56.3 Å². The summed E-state index contributed by atoms with van der Waals surface area (Å²) in [6.45, 7) is 6.17. The maximum absolute atomic E-state index is 12.9. The Balaban J connectivity index is 1.72. The number of rotatable bonds is 4. The largest absolute Gasteiger partial charge is 0.302 e.